The first-order valence-corrected chi connectivity index (χ1v) is 7.16. The van der Waals surface area contributed by atoms with Gasteiger partial charge >= 0.3 is 0 Å². The van der Waals surface area contributed by atoms with Crippen LogP contribution in [0.4, 0.5) is 0 Å². The van der Waals surface area contributed by atoms with Gasteiger partial charge in [0.2, 0.25) is 0 Å². The monoisotopic (exact) mass is 328 g/mol. The lowest BCUT2D eigenvalue weighted by Gasteiger charge is -2.05. The van der Waals surface area contributed by atoms with E-state index in [4.69, 9.17) is 11.6 Å². The van der Waals surface area contributed by atoms with E-state index >= 15 is 0 Å². The minimum Gasteiger partial charge on any atom is -0.508 e. The first kappa shape index (κ1) is 12.8. The van der Waals surface area contributed by atoms with Gasteiger partial charge in [-0.15, -0.1) is 11.8 Å². The van der Waals surface area contributed by atoms with E-state index in [-0.39, 0.29) is 5.75 Å². The van der Waals surface area contributed by atoms with Crippen molar-refractivity contribution in [1.82, 2.24) is 0 Å². The smallest absolute Gasteiger partial charge is 0.116 e. The molecule has 17 heavy (non-hydrogen) atoms. The van der Waals surface area contributed by atoms with Crippen LogP contribution in [-0.4, -0.2) is 5.11 Å². The van der Waals surface area contributed by atoms with Crippen molar-refractivity contribution in [2.45, 2.75) is 10.6 Å². The molecule has 0 bridgehead atoms. The zero-order chi connectivity index (χ0) is 12.3. The van der Waals surface area contributed by atoms with Gasteiger partial charge in [-0.05, 0) is 35.9 Å². The summed E-state index contributed by atoms with van der Waals surface area (Å²) in [5.74, 6) is 1.08. The molecule has 0 aromatic heterocycles. The summed E-state index contributed by atoms with van der Waals surface area (Å²) in [7, 11) is 0. The van der Waals surface area contributed by atoms with Gasteiger partial charge in [0.1, 0.15) is 5.75 Å². The van der Waals surface area contributed by atoms with Crippen LogP contribution in [0.25, 0.3) is 0 Å². The molecule has 0 spiro atoms. The van der Waals surface area contributed by atoms with Crippen molar-refractivity contribution in [3.8, 4) is 5.75 Å². The summed E-state index contributed by atoms with van der Waals surface area (Å²) in [5, 5.41) is 10.1. The number of benzene rings is 2. The molecule has 1 nitrogen and oxygen atoms in total. The van der Waals surface area contributed by atoms with E-state index in [2.05, 4.69) is 15.9 Å². The second-order valence-electron chi connectivity index (χ2n) is 3.52. The number of hydrogen-bond donors (Lipinski definition) is 1. The maximum absolute atomic E-state index is 9.36. The molecular formula is C13H10BrClOS. The normalized spacial score (nSPS) is 10.5. The number of hydrogen-bond acceptors (Lipinski definition) is 2. The van der Waals surface area contributed by atoms with Crippen molar-refractivity contribution in [3.63, 3.8) is 0 Å². The van der Waals surface area contributed by atoms with E-state index in [0.29, 0.717) is 0 Å². The van der Waals surface area contributed by atoms with Crippen LogP contribution in [0.3, 0.4) is 0 Å². The third-order valence-electron chi connectivity index (χ3n) is 2.23. The number of phenolic OH excluding ortho intramolecular Hbond substituents is 1. The number of aromatic hydroxyl groups is 1. The van der Waals surface area contributed by atoms with E-state index in [1.165, 1.54) is 0 Å². The molecule has 0 aliphatic carbocycles. The Morgan fingerprint density at radius 2 is 2.00 bits per heavy atom. The third kappa shape index (κ3) is 3.66. The molecule has 0 saturated carbocycles. The average Bonchev–Trinajstić information content (AvgIpc) is 2.28. The van der Waals surface area contributed by atoms with Crippen LogP contribution in [0.5, 0.6) is 5.75 Å². The Morgan fingerprint density at radius 1 is 1.18 bits per heavy atom. The van der Waals surface area contributed by atoms with Crippen molar-refractivity contribution in [1.29, 1.82) is 0 Å². The predicted molar refractivity (Wildman–Crippen MR) is 76.8 cm³/mol. The molecule has 0 fully saturated rings. The minimum atomic E-state index is 0.289. The Balaban J connectivity index is 2.07. The fraction of sp³-hybridized carbons (Fsp3) is 0.0769. The highest BCUT2D eigenvalue weighted by Gasteiger charge is 2.02. The number of thioether (sulfide) groups is 1. The largest absolute Gasteiger partial charge is 0.508 e. The maximum Gasteiger partial charge on any atom is 0.116 e. The molecule has 4 heteroatoms. The highest BCUT2D eigenvalue weighted by atomic mass is 79.9. The van der Waals surface area contributed by atoms with Gasteiger partial charge in [0.05, 0.1) is 0 Å². The second kappa shape index (κ2) is 5.80. The van der Waals surface area contributed by atoms with Gasteiger partial charge in [-0.25, -0.2) is 0 Å². The quantitative estimate of drug-likeness (QED) is 0.791. The van der Waals surface area contributed by atoms with Crippen LogP contribution < -0.4 is 0 Å². The SMILES string of the molecule is Oc1cccc(SCc2ccc(Br)cc2Cl)c1. The van der Waals surface area contributed by atoms with Gasteiger partial charge in [0, 0.05) is 20.1 Å². The Bertz CT molecular complexity index is 531. The van der Waals surface area contributed by atoms with E-state index in [1.807, 2.05) is 30.3 Å². The fourth-order valence-electron chi connectivity index (χ4n) is 1.37. The van der Waals surface area contributed by atoms with E-state index in [9.17, 15) is 5.11 Å². The highest BCUT2D eigenvalue weighted by Crippen LogP contribution is 2.29. The molecule has 0 radical (unpaired) electrons. The predicted octanol–water partition coefficient (Wildman–Crippen LogP) is 5.10. The summed E-state index contributed by atoms with van der Waals surface area (Å²) >= 11 is 11.2. The summed E-state index contributed by atoms with van der Waals surface area (Å²) in [6, 6.07) is 13.1. The van der Waals surface area contributed by atoms with Crippen molar-refractivity contribution < 1.29 is 5.11 Å². The Hall–Kier alpha value is -0.640. The van der Waals surface area contributed by atoms with Crippen LogP contribution in [0, 0.1) is 0 Å². The van der Waals surface area contributed by atoms with Crippen LogP contribution in [-0.2, 0) is 5.75 Å². The molecule has 0 amide bonds. The zero-order valence-electron chi connectivity index (χ0n) is 8.86. The Kier molecular flexibility index (Phi) is 4.37. The average molecular weight is 330 g/mol. The van der Waals surface area contributed by atoms with Gasteiger partial charge in [0.15, 0.2) is 0 Å². The number of halogens is 2. The molecule has 0 aliphatic rings. The van der Waals surface area contributed by atoms with Gasteiger partial charge in [-0.2, -0.15) is 0 Å². The molecule has 2 aromatic rings. The lowest BCUT2D eigenvalue weighted by Crippen LogP contribution is -1.82. The molecule has 0 saturated heterocycles. The summed E-state index contributed by atoms with van der Waals surface area (Å²) in [4.78, 5) is 1.03. The first-order valence-electron chi connectivity index (χ1n) is 5.01. The van der Waals surface area contributed by atoms with Crippen LogP contribution >= 0.6 is 39.3 Å². The molecule has 1 N–H and O–H groups in total. The topological polar surface area (TPSA) is 20.2 Å². The molecule has 88 valence electrons. The van der Waals surface area contributed by atoms with Crippen molar-refractivity contribution in [3.05, 3.63) is 57.5 Å². The van der Waals surface area contributed by atoms with Crippen molar-refractivity contribution in [2.24, 2.45) is 0 Å². The second-order valence-corrected chi connectivity index (χ2v) is 5.89. The number of phenols is 1. The molecule has 2 rings (SSSR count). The highest BCUT2D eigenvalue weighted by molar-refractivity contribution is 9.10. The lowest BCUT2D eigenvalue weighted by molar-refractivity contribution is 0.474. The Labute approximate surface area is 118 Å². The lowest BCUT2D eigenvalue weighted by atomic mass is 10.2. The van der Waals surface area contributed by atoms with Crippen molar-refractivity contribution >= 4 is 39.3 Å². The molecule has 0 unspecified atom stereocenters. The molecular weight excluding hydrogens is 320 g/mol. The first-order chi connectivity index (χ1) is 8.15. The maximum atomic E-state index is 9.36. The number of rotatable bonds is 3. The molecule has 0 aliphatic heterocycles. The van der Waals surface area contributed by atoms with E-state index < -0.39 is 0 Å². The zero-order valence-corrected chi connectivity index (χ0v) is 12.0. The van der Waals surface area contributed by atoms with Gasteiger partial charge < -0.3 is 5.11 Å². The van der Waals surface area contributed by atoms with Crippen molar-refractivity contribution in [2.75, 3.05) is 0 Å². The minimum absolute atomic E-state index is 0.289. The molecule has 0 atom stereocenters. The summed E-state index contributed by atoms with van der Waals surface area (Å²) in [6.45, 7) is 0. The van der Waals surface area contributed by atoms with Crippen LogP contribution in [0.15, 0.2) is 51.8 Å². The Morgan fingerprint density at radius 3 is 2.71 bits per heavy atom. The van der Waals surface area contributed by atoms with Gasteiger partial charge in [-0.1, -0.05) is 39.7 Å². The molecule has 0 heterocycles. The summed E-state index contributed by atoms with van der Waals surface area (Å²) < 4.78 is 0.980. The van der Waals surface area contributed by atoms with Gasteiger partial charge in [-0.3, -0.25) is 0 Å². The summed E-state index contributed by atoms with van der Waals surface area (Å²) in [6.07, 6.45) is 0. The van der Waals surface area contributed by atoms with Gasteiger partial charge in [0.25, 0.3) is 0 Å². The standard InChI is InChI=1S/C13H10BrClOS/c14-10-5-4-9(13(15)6-10)8-17-12-3-1-2-11(16)7-12/h1-7,16H,8H2. The fourth-order valence-corrected chi connectivity index (χ4v) is 3.15. The summed E-state index contributed by atoms with van der Waals surface area (Å²) in [5.41, 5.74) is 1.09. The molecule has 2 aromatic carbocycles. The third-order valence-corrected chi connectivity index (χ3v) is 4.11. The van der Waals surface area contributed by atoms with Crippen LogP contribution in [0.1, 0.15) is 5.56 Å². The van der Waals surface area contributed by atoms with E-state index in [1.54, 1.807) is 23.9 Å². The van der Waals surface area contributed by atoms with E-state index in [0.717, 1.165) is 25.7 Å². The van der Waals surface area contributed by atoms with Crippen LogP contribution in [0.2, 0.25) is 5.02 Å².